The Balaban J connectivity index is 2.30. The Hall–Kier alpha value is -2.21. The van der Waals surface area contributed by atoms with Crippen molar-refractivity contribution in [3.05, 3.63) is 41.1 Å². The summed E-state index contributed by atoms with van der Waals surface area (Å²) in [7, 11) is 0. The van der Waals surface area contributed by atoms with Crippen molar-refractivity contribution < 1.29 is 4.39 Å². The van der Waals surface area contributed by atoms with Crippen LogP contribution in [-0.2, 0) is 0 Å². The van der Waals surface area contributed by atoms with Gasteiger partial charge in [-0.2, -0.15) is 5.10 Å². The SMILES string of the molecule is CCNc1nc(C)nc2c1cnn2-c1c(F)cccc1Cl. The lowest BCUT2D eigenvalue weighted by atomic mass is 10.3. The molecule has 0 saturated carbocycles. The van der Waals surface area contributed by atoms with Gasteiger partial charge in [0.25, 0.3) is 0 Å². The van der Waals surface area contributed by atoms with Crippen molar-refractivity contribution in [1.29, 1.82) is 0 Å². The van der Waals surface area contributed by atoms with Crippen LogP contribution in [-0.4, -0.2) is 26.3 Å². The van der Waals surface area contributed by atoms with Crippen LogP contribution >= 0.6 is 11.6 Å². The summed E-state index contributed by atoms with van der Waals surface area (Å²) in [6.07, 6.45) is 1.61. The third kappa shape index (κ3) is 2.31. The van der Waals surface area contributed by atoms with Crippen molar-refractivity contribution in [3.63, 3.8) is 0 Å². The standard InChI is InChI=1S/C14H13ClFN5/c1-3-17-13-9-7-18-21(14(9)20-8(2)19-13)12-10(15)5-4-6-11(12)16/h4-7H,3H2,1-2H3,(H,17,19,20). The molecule has 0 spiro atoms. The summed E-state index contributed by atoms with van der Waals surface area (Å²) >= 11 is 6.10. The Kier molecular flexibility index (Phi) is 3.47. The molecule has 1 aromatic carbocycles. The molecule has 0 saturated heterocycles. The van der Waals surface area contributed by atoms with Crippen molar-refractivity contribution >= 4 is 28.5 Å². The topological polar surface area (TPSA) is 55.6 Å². The van der Waals surface area contributed by atoms with Gasteiger partial charge < -0.3 is 5.32 Å². The van der Waals surface area contributed by atoms with Crippen LogP contribution < -0.4 is 5.32 Å². The van der Waals surface area contributed by atoms with Crippen LogP contribution in [0.15, 0.2) is 24.4 Å². The molecule has 2 aromatic heterocycles. The van der Waals surface area contributed by atoms with Gasteiger partial charge in [-0.1, -0.05) is 17.7 Å². The van der Waals surface area contributed by atoms with E-state index in [9.17, 15) is 4.39 Å². The molecule has 0 unspecified atom stereocenters. The number of halogens is 2. The summed E-state index contributed by atoms with van der Waals surface area (Å²) in [4.78, 5) is 8.70. The number of nitrogens with one attached hydrogen (secondary N) is 1. The number of aromatic nitrogens is 4. The van der Waals surface area contributed by atoms with Crippen molar-refractivity contribution in [2.75, 3.05) is 11.9 Å². The summed E-state index contributed by atoms with van der Waals surface area (Å²) in [5.41, 5.74) is 0.708. The zero-order valence-electron chi connectivity index (χ0n) is 11.6. The van der Waals surface area contributed by atoms with E-state index in [-0.39, 0.29) is 10.7 Å². The van der Waals surface area contributed by atoms with E-state index in [0.29, 0.717) is 17.3 Å². The molecule has 0 bridgehead atoms. The van der Waals surface area contributed by atoms with Crippen molar-refractivity contribution in [1.82, 2.24) is 19.7 Å². The molecule has 0 fully saturated rings. The van der Waals surface area contributed by atoms with Crippen molar-refractivity contribution in [3.8, 4) is 5.69 Å². The molecule has 0 aliphatic carbocycles. The predicted molar refractivity (Wildman–Crippen MR) is 80.5 cm³/mol. The minimum atomic E-state index is -0.450. The van der Waals surface area contributed by atoms with E-state index in [1.54, 1.807) is 25.3 Å². The molecule has 108 valence electrons. The number of anilines is 1. The molecular formula is C14H13ClFN5. The van der Waals surface area contributed by atoms with E-state index in [2.05, 4.69) is 20.4 Å². The second-order valence-electron chi connectivity index (χ2n) is 4.51. The Morgan fingerprint density at radius 2 is 2.14 bits per heavy atom. The third-order valence-electron chi connectivity index (χ3n) is 3.03. The predicted octanol–water partition coefficient (Wildman–Crippen LogP) is 3.35. The lowest BCUT2D eigenvalue weighted by molar-refractivity contribution is 0.612. The van der Waals surface area contributed by atoms with Crippen LogP contribution in [0.5, 0.6) is 0 Å². The fourth-order valence-corrected chi connectivity index (χ4v) is 2.42. The number of benzene rings is 1. The molecule has 0 aliphatic rings. The van der Waals surface area contributed by atoms with Gasteiger partial charge in [-0.25, -0.2) is 19.0 Å². The van der Waals surface area contributed by atoms with Gasteiger partial charge in [-0.05, 0) is 26.0 Å². The molecule has 3 aromatic rings. The maximum atomic E-state index is 14.1. The first-order valence-corrected chi connectivity index (χ1v) is 6.90. The van der Waals surface area contributed by atoms with E-state index < -0.39 is 5.82 Å². The molecule has 0 aliphatic heterocycles. The van der Waals surface area contributed by atoms with Gasteiger partial charge in [0.1, 0.15) is 23.1 Å². The minimum Gasteiger partial charge on any atom is -0.370 e. The summed E-state index contributed by atoms with van der Waals surface area (Å²) in [5, 5.41) is 8.38. The zero-order chi connectivity index (χ0) is 15.0. The van der Waals surface area contributed by atoms with E-state index in [1.165, 1.54) is 10.7 Å². The van der Waals surface area contributed by atoms with Crippen LogP contribution in [0.2, 0.25) is 5.02 Å². The highest BCUT2D eigenvalue weighted by Crippen LogP contribution is 2.28. The molecule has 0 radical (unpaired) electrons. The molecule has 1 N–H and O–H groups in total. The number of hydrogen-bond donors (Lipinski definition) is 1. The lowest BCUT2D eigenvalue weighted by Gasteiger charge is -2.08. The van der Waals surface area contributed by atoms with E-state index >= 15 is 0 Å². The summed E-state index contributed by atoms with van der Waals surface area (Å²) in [5.74, 6) is 0.806. The van der Waals surface area contributed by atoms with E-state index in [1.807, 2.05) is 6.92 Å². The monoisotopic (exact) mass is 305 g/mol. The highest BCUT2D eigenvalue weighted by Gasteiger charge is 2.17. The van der Waals surface area contributed by atoms with E-state index in [0.717, 1.165) is 11.9 Å². The summed E-state index contributed by atoms with van der Waals surface area (Å²) in [6, 6.07) is 4.51. The normalized spacial score (nSPS) is 11.0. The quantitative estimate of drug-likeness (QED) is 0.806. The summed E-state index contributed by atoms with van der Waals surface area (Å²) in [6.45, 7) is 4.47. The average Bonchev–Trinajstić information content (AvgIpc) is 2.83. The lowest BCUT2D eigenvalue weighted by Crippen LogP contribution is -2.05. The van der Waals surface area contributed by atoms with Crippen LogP contribution in [0.1, 0.15) is 12.7 Å². The number of nitrogens with zero attached hydrogens (tertiary/aromatic N) is 4. The molecule has 3 rings (SSSR count). The van der Waals surface area contributed by atoms with Gasteiger partial charge >= 0.3 is 0 Å². The molecule has 2 heterocycles. The second kappa shape index (κ2) is 5.29. The van der Waals surface area contributed by atoms with Gasteiger partial charge in [0.2, 0.25) is 0 Å². The Bertz CT molecular complexity index is 794. The van der Waals surface area contributed by atoms with Crippen LogP contribution in [0.4, 0.5) is 10.2 Å². The molecule has 5 nitrogen and oxygen atoms in total. The maximum Gasteiger partial charge on any atom is 0.168 e. The van der Waals surface area contributed by atoms with Gasteiger partial charge in [0.05, 0.1) is 16.6 Å². The first-order valence-electron chi connectivity index (χ1n) is 6.52. The van der Waals surface area contributed by atoms with Gasteiger partial charge in [-0.3, -0.25) is 0 Å². The fraction of sp³-hybridized carbons (Fsp3) is 0.214. The van der Waals surface area contributed by atoms with Crippen LogP contribution in [0.25, 0.3) is 16.7 Å². The Morgan fingerprint density at radius 1 is 1.33 bits per heavy atom. The smallest absolute Gasteiger partial charge is 0.168 e. The van der Waals surface area contributed by atoms with Gasteiger partial charge in [0, 0.05) is 6.54 Å². The van der Waals surface area contributed by atoms with Gasteiger partial charge in [-0.15, -0.1) is 0 Å². The van der Waals surface area contributed by atoms with Gasteiger partial charge in [0.15, 0.2) is 5.65 Å². The number of rotatable bonds is 3. The highest BCUT2D eigenvalue weighted by atomic mass is 35.5. The maximum absolute atomic E-state index is 14.1. The Morgan fingerprint density at radius 3 is 2.86 bits per heavy atom. The molecule has 0 atom stereocenters. The fourth-order valence-electron chi connectivity index (χ4n) is 2.17. The van der Waals surface area contributed by atoms with Crippen LogP contribution in [0.3, 0.4) is 0 Å². The molecule has 7 heteroatoms. The first kappa shape index (κ1) is 13.8. The molecular weight excluding hydrogens is 293 g/mol. The molecule has 0 amide bonds. The highest BCUT2D eigenvalue weighted by molar-refractivity contribution is 6.32. The first-order chi connectivity index (χ1) is 10.1. The largest absolute Gasteiger partial charge is 0.370 e. The number of para-hydroxylation sites is 1. The molecule has 21 heavy (non-hydrogen) atoms. The third-order valence-corrected chi connectivity index (χ3v) is 3.34. The van der Waals surface area contributed by atoms with Crippen LogP contribution in [0, 0.1) is 12.7 Å². The second-order valence-corrected chi connectivity index (χ2v) is 4.92. The minimum absolute atomic E-state index is 0.190. The average molecular weight is 306 g/mol. The Labute approximate surface area is 125 Å². The number of fused-ring (bicyclic) bond motifs is 1. The summed E-state index contributed by atoms with van der Waals surface area (Å²) < 4.78 is 15.5. The number of hydrogen-bond acceptors (Lipinski definition) is 4. The van der Waals surface area contributed by atoms with Crippen molar-refractivity contribution in [2.45, 2.75) is 13.8 Å². The van der Waals surface area contributed by atoms with E-state index in [4.69, 9.17) is 11.6 Å². The zero-order valence-corrected chi connectivity index (χ0v) is 12.3. The van der Waals surface area contributed by atoms with Crippen molar-refractivity contribution in [2.24, 2.45) is 0 Å². The number of aryl methyl sites for hydroxylation is 1.